The number of carbonyl (C=O) groups is 2. The van der Waals surface area contributed by atoms with Gasteiger partial charge in [-0.05, 0) is 27.2 Å². The average Bonchev–Trinajstić information content (AvgIpc) is 2.87. The Kier molecular flexibility index (Phi) is 6.36. The van der Waals surface area contributed by atoms with Crippen LogP contribution >= 0.6 is 0 Å². The number of rotatable bonds is 6. The van der Waals surface area contributed by atoms with E-state index < -0.39 is 0 Å². The lowest BCUT2D eigenvalue weighted by atomic mass is 10.1. The maximum Gasteiger partial charge on any atom is 0.234 e. The Bertz CT molecular complexity index is 557. The van der Waals surface area contributed by atoms with Crippen LogP contribution in [-0.2, 0) is 16.0 Å². The summed E-state index contributed by atoms with van der Waals surface area (Å²) >= 11 is 0. The van der Waals surface area contributed by atoms with Crippen LogP contribution in [-0.4, -0.2) is 65.5 Å². The van der Waals surface area contributed by atoms with Crippen molar-refractivity contribution in [2.24, 2.45) is 0 Å². The van der Waals surface area contributed by atoms with E-state index in [4.69, 9.17) is 4.52 Å². The first-order valence-electron chi connectivity index (χ1n) is 8.62. The normalized spacial score (nSPS) is 16.9. The molecule has 1 aromatic heterocycles. The summed E-state index contributed by atoms with van der Waals surface area (Å²) in [5, 5.41) is 6.87. The third-order valence-corrected chi connectivity index (χ3v) is 4.62. The van der Waals surface area contributed by atoms with Crippen molar-refractivity contribution >= 4 is 11.8 Å². The number of aromatic nitrogens is 1. The largest absolute Gasteiger partial charge is 0.361 e. The molecule has 1 fully saturated rings. The highest BCUT2D eigenvalue weighted by molar-refractivity contribution is 5.80. The van der Waals surface area contributed by atoms with Gasteiger partial charge >= 0.3 is 0 Å². The first-order valence-corrected chi connectivity index (χ1v) is 8.62. The van der Waals surface area contributed by atoms with E-state index in [9.17, 15) is 9.59 Å². The summed E-state index contributed by atoms with van der Waals surface area (Å²) < 4.78 is 5.11. The molecule has 1 atom stereocenters. The number of amides is 2. The summed E-state index contributed by atoms with van der Waals surface area (Å²) in [5.41, 5.74) is 1.66. The molecule has 0 spiro atoms. The Hall–Kier alpha value is -1.89. The molecule has 2 heterocycles. The first-order chi connectivity index (χ1) is 11.4. The minimum Gasteiger partial charge on any atom is -0.361 e. The van der Waals surface area contributed by atoms with Gasteiger partial charge in [-0.15, -0.1) is 0 Å². The Balaban J connectivity index is 1.78. The Morgan fingerprint density at radius 2 is 1.92 bits per heavy atom. The van der Waals surface area contributed by atoms with E-state index >= 15 is 0 Å². The SMILES string of the molecule is CCC(C)NC(=O)CN1CCN(C(=O)Cc2c(C)noc2C)CC1. The fourth-order valence-corrected chi connectivity index (χ4v) is 2.80. The zero-order valence-electron chi connectivity index (χ0n) is 15.1. The van der Waals surface area contributed by atoms with Gasteiger partial charge in [0.25, 0.3) is 0 Å². The second kappa shape index (κ2) is 8.28. The van der Waals surface area contributed by atoms with Crippen LogP contribution in [0.15, 0.2) is 4.52 Å². The summed E-state index contributed by atoms with van der Waals surface area (Å²) in [5.74, 6) is 0.856. The zero-order valence-corrected chi connectivity index (χ0v) is 15.1. The van der Waals surface area contributed by atoms with Crippen LogP contribution in [0.5, 0.6) is 0 Å². The molecule has 1 aliphatic rings. The molecule has 7 nitrogen and oxygen atoms in total. The van der Waals surface area contributed by atoms with Gasteiger partial charge < -0.3 is 14.7 Å². The van der Waals surface area contributed by atoms with Crippen molar-refractivity contribution in [1.29, 1.82) is 0 Å². The van der Waals surface area contributed by atoms with Crippen LogP contribution in [0.4, 0.5) is 0 Å². The lowest BCUT2D eigenvalue weighted by molar-refractivity contribution is -0.132. The van der Waals surface area contributed by atoms with Crippen molar-refractivity contribution in [2.45, 2.75) is 46.6 Å². The summed E-state index contributed by atoms with van der Waals surface area (Å²) in [6, 6.07) is 0.204. The van der Waals surface area contributed by atoms with Crippen molar-refractivity contribution in [3.63, 3.8) is 0 Å². The summed E-state index contributed by atoms with van der Waals surface area (Å²) in [7, 11) is 0. The predicted molar refractivity (Wildman–Crippen MR) is 90.6 cm³/mol. The van der Waals surface area contributed by atoms with E-state index in [0.29, 0.717) is 31.8 Å². The van der Waals surface area contributed by atoms with Gasteiger partial charge in [0.2, 0.25) is 11.8 Å². The molecule has 1 unspecified atom stereocenters. The maximum atomic E-state index is 12.4. The molecule has 1 aromatic rings. The molecule has 2 amide bonds. The van der Waals surface area contributed by atoms with E-state index in [2.05, 4.69) is 15.4 Å². The topological polar surface area (TPSA) is 78.7 Å². The molecule has 0 aliphatic carbocycles. The molecular weight excluding hydrogens is 308 g/mol. The van der Waals surface area contributed by atoms with Gasteiger partial charge in [-0.25, -0.2) is 0 Å². The molecule has 0 saturated carbocycles. The van der Waals surface area contributed by atoms with Crippen LogP contribution in [0.2, 0.25) is 0 Å². The molecule has 0 radical (unpaired) electrons. The van der Waals surface area contributed by atoms with Gasteiger partial charge in [0, 0.05) is 37.8 Å². The number of aryl methyl sites for hydroxylation is 2. The second-order valence-corrected chi connectivity index (χ2v) is 6.51. The standard InChI is InChI=1S/C17H28N4O3/c1-5-12(2)18-16(22)11-20-6-8-21(9-7-20)17(23)10-15-13(3)19-24-14(15)4/h12H,5-11H2,1-4H3,(H,18,22). The number of nitrogens with one attached hydrogen (secondary N) is 1. The lowest BCUT2D eigenvalue weighted by Gasteiger charge is -2.34. The highest BCUT2D eigenvalue weighted by Crippen LogP contribution is 2.14. The van der Waals surface area contributed by atoms with Crippen LogP contribution in [0.25, 0.3) is 0 Å². The quantitative estimate of drug-likeness (QED) is 0.835. The van der Waals surface area contributed by atoms with Crippen molar-refractivity contribution in [1.82, 2.24) is 20.3 Å². The fourth-order valence-electron chi connectivity index (χ4n) is 2.80. The van der Waals surface area contributed by atoms with E-state index in [1.54, 1.807) is 0 Å². The number of piperazine rings is 1. The number of hydrogen-bond donors (Lipinski definition) is 1. The van der Waals surface area contributed by atoms with Crippen molar-refractivity contribution in [3.05, 3.63) is 17.0 Å². The van der Waals surface area contributed by atoms with E-state index in [-0.39, 0.29) is 17.9 Å². The monoisotopic (exact) mass is 336 g/mol. The van der Waals surface area contributed by atoms with Crippen molar-refractivity contribution < 1.29 is 14.1 Å². The molecule has 24 heavy (non-hydrogen) atoms. The second-order valence-electron chi connectivity index (χ2n) is 6.51. The maximum absolute atomic E-state index is 12.4. The highest BCUT2D eigenvalue weighted by Gasteiger charge is 2.24. The molecular formula is C17H28N4O3. The predicted octanol–water partition coefficient (Wildman–Crippen LogP) is 0.893. The number of hydrogen-bond acceptors (Lipinski definition) is 5. The van der Waals surface area contributed by atoms with Gasteiger partial charge in [-0.3, -0.25) is 14.5 Å². The molecule has 1 N–H and O–H groups in total. The minimum atomic E-state index is 0.0554. The summed E-state index contributed by atoms with van der Waals surface area (Å²) in [6.45, 7) is 10.9. The van der Waals surface area contributed by atoms with Crippen molar-refractivity contribution in [2.75, 3.05) is 32.7 Å². The van der Waals surface area contributed by atoms with Gasteiger partial charge in [0.1, 0.15) is 5.76 Å². The van der Waals surface area contributed by atoms with Crippen LogP contribution in [0, 0.1) is 13.8 Å². The molecule has 0 bridgehead atoms. The molecule has 134 valence electrons. The third kappa shape index (κ3) is 4.80. The van der Waals surface area contributed by atoms with E-state index in [0.717, 1.165) is 30.8 Å². The number of carbonyl (C=O) groups excluding carboxylic acids is 2. The van der Waals surface area contributed by atoms with Crippen LogP contribution in [0.3, 0.4) is 0 Å². The number of nitrogens with zero attached hydrogens (tertiary/aromatic N) is 3. The van der Waals surface area contributed by atoms with Gasteiger partial charge in [-0.2, -0.15) is 0 Å². The third-order valence-electron chi connectivity index (χ3n) is 4.62. The van der Waals surface area contributed by atoms with Crippen molar-refractivity contribution in [3.8, 4) is 0 Å². The molecule has 1 aliphatic heterocycles. The van der Waals surface area contributed by atoms with Gasteiger partial charge in [-0.1, -0.05) is 12.1 Å². The van der Waals surface area contributed by atoms with Gasteiger partial charge in [0.05, 0.1) is 18.7 Å². The van der Waals surface area contributed by atoms with Gasteiger partial charge in [0.15, 0.2) is 0 Å². The van der Waals surface area contributed by atoms with Crippen LogP contribution in [0.1, 0.15) is 37.3 Å². The van der Waals surface area contributed by atoms with E-state index in [1.807, 2.05) is 32.6 Å². The smallest absolute Gasteiger partial charge is 0.234 e. The lowest BCUT2D eigenvalue weighted by Crippen LogP contribution is -2.52. The highest BCUT2D eigenvalue weighted by atomic mass is 16.5. The Labute approximate surface area is 143 Å². The molecule has 0 aromatic carbocycles. The average molecular weight is 336 g/mol. The molecule has 7 heteroatoms. The summed E-state index contributed by atoms with van der Waals surface area (Å²) in [6.07, 6.45) is 1.26. The van der Waals surface area contributed by atoms with Crippen LogP contribution < -0.4 is 5.32 Å². The Morgan fingerprint density at radius 1 is 1.25 bits per heavy atom. The molecule has 1 saturated heterocycles. The zero-order chi connectivity index (χ0) is 17.7. The fraction of sp³-hybridized carbons (Fsp3) is 0.706. The molecule has 2 rings (SSSR count). The van der Waals surface area contributed by atoms with E-state index in [1.165, 1.54) is 0 Å². The summed E-state index contributed by atoms with van der Waals surface area (Å²) in [4.78, 5) is 28.3. The Morgan fingerprint density at radius 3 is 2.46 bits per heavy atom. The minimum absolute atomic E-state index is 0.0554. The first kappa shape index (κ1) is 18.4.